The summed E-state index contributed by atoms with van der Waals surface area (Å²) in [5.41, 5.74) is -0.733. The maximum absolute atomic E-state index is 12.8. The van der Waals surface area contributed by atoms with Gasteiger partial charge in [-0.1, -0.05) is 23.4 Å². The SMILES string of the molecule is Cc1nc(SCC(=O)Nc2cc(C(F)(F)F)ccc2Cl)[nH]c(=O)c1CCO. The van der Waals surface area contributed by atoms with E-state index in [1.54, 1.807) is 6.92 Å². The van der Waals surface area contributed by atoms with Crippen LogP contribution in [0, 0.1) is 6.92 Å². The van der Waals surface area contributed by atoms with Crippen LogP contribution in [-0.4, -0.2) is 33.3 Å². The zero-order valence-electron chi connectivity index (χ0n) is 14.0. The van der Waals surface area contributed by atoms with Crippen molar-refractivity contribution in [2.24, 2.45) is 0 Å². The lowest BCUT2D eigenvalue weighted by Gasteiger charge is -2.11. The van der Waals surface area contributed by atoms with Crippen LogP contribution in [0.25, 0.3) is 0 Å². The number of hydrogen-bond donors (Lipinski definition) is 3. The van der Waals surface area contributed by atoms with Gasteiger partial charge in [-0.15, -0.1) is 0 Å². The highest BCUT2D eigenvalue weighted by Crippen LogP contribution is 2.33. The average molecular weight is 422 g/mol. The second kappa shape index (κ2) is 8.77. The molecule has 2 aromatic rings. The van der Waals surface area contributed by atoms with E-state index in [-0.39, 0.29) is 34.6 Å². The number of aryl methyl sites for hydroxylation is 1. The maximum atomic E-state index is 12.8. The number of hydrogen-bond acceptors (Lipinski definition) is 5. The van der Waals surface area contributed by atoms with Crippen molar-refractivity contribution in [2.45, 2.75) is 24.7 Å². The quantitative estimate of drug-likeness (QED) is 0.492. The first-order chi connectivity index (χ1) is 12.6. The second-order valence-corrected chi connectivity index (χ2v) is 6.81. The molecule has 1 aromatic carbocycles. The molecule has 0 aliphatic rings. The molecule has 1 heterocycles. The van der Waals surface area contributed by atoms with E-state index in [1.807, 2.05) is 0 Å². The van der Waals surface area contributed by atoms with Crippen molar-refractivity contribution in [3.05, 3.63) is 50.4 Å². The highest BCUT2D eigenvalue weighted by molar-refractivity contribution is 7.99. The van der Waals surface area contributed by atoms with E-state index in [0.29, 0.717) is 11.3 Å². The van der Waals surface area contributed by atoms with E-state index in [9.17, 15) is 22.8 Å². The zero-order chi connectivity index (χ0) is 20.2. The van der Waals surface area contributed by atoms with E-state index in [2.05, 4.69) is 15.3 Å². The molecule has 0 saturated heterocycles. The molecule has 146 valence electrons. The minimum Gasteiger partial charge on any atom is -0.396 e. The fraction of sp³-hybridized carbons (Fsp3) is 0.312. The van der Waals surface area contributed by atoms with Crippen LogP contribution in [0.2, 0.25) is 5.02 Å². The molecule has 2 rings (SSSR count). The number of nitrogens with zero attached hydrogens (tertiary/aromatic N) is 1. The lowest BCUT2D eigenvalue weighted by Crippen LogP contribution is -2.20. The van der Waals surface area contributed by atoms with Crippen LogP contribution in [0.3, 0.4) is 0 Å². The number of benzene rings is 1. The van der Waals surface area contributed by atoms with Crippen LogP contribution < -0.4 is 10.9 Å². The van der Waals surface area contributed by atoms with Gasteiger partial charge in [0.25, 0.3) is 5.56 Å². The molecule has 0 radical (unpaired) electrons. The van der Waals surface area contributed by atoms with Crippen molar-refractivity contribution in [2.75, 3.05) is 17.7 Å². The fourth-order valence-corrected chi connectivity index (χ4v) is 3.05. The van der Waals surface area contributed by atoms with E-state index < -0.39 is 23.2 Å². The van der Waals surface area contributed by atoms with Crippen molar-refractivity contribution in [3.8, 4) is 0 Å². The standard InChI is InChI=1S/C16H15ClF3N3O3S/c1-8-10(4-5-24)14(26)23-15(21-8)27-7-13(25)22-12-6-9(16(18,19)20)2-3-11(12)17/h2-3,6,24H,4-5,7H2,1H3,(H,22,25)(H,21,23,26). The third-order valence-corrected chi connectivity index (χ3v) is 4.67. The molecule has 1 amide bonds. The summed E-state index contributed by atoms with van der Waals surface area (Å²) in [4.78, 5) is 30.6. The highest BCUT2D eigenvalue weighted by atomic mass is 35.5. The van der Waals surface area contributed by atoms with Gasteiger partial charge in [-0.05, 0) is 25.1 Å². The highest BCUT2D eigenvalue weighted by Gasteiger charge is 2.31. The first kappa shape index (κ1) is 21.3. The number of nitrogens with one attached hydrogen (secondary N) is 2. The zero-order valence-corrected chi connectivity index (χ0v) is 15.6. The van der Waals surface area contributed by atoms with Crippen molar-refractivity contribution in [3.63, 3.8) is 0 Å². The van der Waals surface area contributed by atoms with E-state index >= 15 is 0 Å². The molecule has 0 unspecified atom stereocenters. The number of amides is 1. The van der Waals surface area contributed by atoms with E-state index in [1.165, 1.54) is 0 Å². The van der Waals surface area contributed by atoms with Gasteiger partial charge in [0.1, 0.15) is 0 Å². The molecule has 0 saturated carbocycles. The van der Waals surface area contributed by atoms with Gasteiger partial charge < -0.3 is 15.4 Å². The molecule has 0 bridgehead atoms. The van der Waals surface area contributed by atoms with Gasteiger partial charge >= 0.3 is 6.18 Å². The van der Waals surface area contributed by atoms with Crippen LogP contribution in [-0.2, 0) is 17.4 Å². The van der Waals surface area contributed by atoms with Crippen molar-refractivity contribution >= 4 is 35.0 Å². The monoisotopic (exact) mass is 421 g/mol. The Hall–Kier alpha value is -2.04. The largest absolute Gasteiger partial charge is 0.416 e. The number of anilines is 1. The smallest absolute Gasteiger partial charge is 0.396 e. The Morgan fingerprint density at radius 3 is 2.70 bits per heavy atom. The number of rotatable bonds is 6. The van der Waals surface area contributed by atoms with Gasteiger partial charge in [0.2, 0.25) is 5.91 Å². The molecular weight excluding hydrogens is 407 g/mol. The van der Waals surface area contributed by atoms with Crippen LogP contribution in [0.1, 0.15) is 16.8 Å². The molecule has 6 nitrogen and oxygen atoms in total. The Labute approximate surface area is 161 Å². The normalized spacial score (nSPS) is 11.5. The second-order valence-electron chi connectivity index (χ2n) is 5.44. The van der Waals surface area contributed by atoms with Crippen LogP contribution in [0.15, 0.2) is 28.2 Å². The van der Waals surface area contributed by atoms with Gasteiger partial charge in [-0.3, -0.25) is 9.59 Å². The third-order valence-electron chi connectivity index (χ3n) is 3.47. The Bertz CT molecular complexity index is 903. The topological polar surface area (TPSA) is 95.1 Å². The Kier molecular flexibility index (Phi) is 6.90. The summed E-state index contributed by atoms with van der Waals surface area (Å²) < 4.78 is 38.3. The summed E-state index contributed by atoms with van der Waals surface area (Å²) >= 11 is 6.74. The molecular formula is C16H15ClF3N3O3S. The van der Waals surface area contributed by atoms with Crippen LogP contribution in [0.4, 0.5) is 18.9 Å². The number of thioether (sulfide) groups is 1. The summed E-state index contributed by atoms with van der Waals surface area (Å²) in [5.74, 6) is -0.810. The summed E-state index contributed by atoms with van der Waals surface area (Å²) in [6, 6.07) is 2.62. The van der Waals surface area contributed by atoms with E-state index in [4.69, 9.17) is 16.7 Å². The maximum Gasteiger partial charge on any atom is 0.416 e. The number of alkyl halides is 3. The summed E-state index contributed by atoms with van der Waals surface area (Å²) in [5, 5.41) is 11.4. The first-order valence-corrected chi connectivity index (χ1v) is 8.98. The lowest BCUT2D eigenvalue weighted by molar-refractivity contribution is -0.137. The Morgan fingerprint density at radius 1 is 1.41 bits per heavy atom. The predicted octanol–water partition coefficient (Wildman–Crippen LogP) is 3.02. The number of aliphatic hydroxyl groups excluding tert-OH is 1. The first-order valence-electron chi connectivity index (χ1n) is 7.62. The van der Waals surface area contributed by atoms with Crippen molar-refractivity contribution in [1.82, 2.24) is 9.97 Å². The van der Waals surface area contributed by atoms with Crippen LogP contribution >= 0.6 is 23.4 Å². The number of H-pyrrole nitrogens is 1. The molecule has 11 heteroatoms. The van der Waals surface area contributed by atoms with Gasteiger partial charge in [-0.2, -0.15) is 13.2 Å². The predicted molar refractivity (Wildman–Crippen MR) is 96.2 cm³/mol. The lowest BCUT2D eigenvalue weighted by atomic mass is 10.2. The Morgan fingerprint density at radius 2 is 2.11 bits per heavy atom. The van der Waals surface area contributed by atoms with Gasteiger partial charge in [0.15, 0.2) is 5.16 Å². The number of aromatic nitrogens is 2. The number of aromatic amines is 1. The molecule has 1 aromatic heterocycles. The average Bonchev–Trinajstić information content (AvgIpc) is 2.57. The minimum atomic E-state index is -4.56. The molecule has 0 atom stereocenters. The molecule has 0 fully saturated rings. The third kappa shape index (κ3) is 5.72. The van der Waals surface area contributed by atoms with Crippen molar-refractivity contribution in [1.29, 1.82) is 0 Å². The van der Waals surface area contributed by atoms with Crippen molar-refractivity contribution < 1.29 is 23.1 Å². The molecule has 27 heavy (non-hydrogen) atoms. The number of carbonyl (C=O) groups is 1. The number of aliphatic hydroxyl groups is 1. The minimum absolute atomic E-state index is 0.0305. The summed E-state index contributed by atoms with van der Waals surface area (Å²) in [6.45, 7) is 1.41. The molecule has 0 spiro atoms. The summed E-state index contributed by atoms with van der Waals surface area (Å²) in [6.07, 6.45) is -4.40. The Balaban J connectivity index is 2.06. The number of carbonyl (C=O) groups excluding carboxylic acids is 1. The van der Waals surface area contributed by atoms with Gasteiger partial charge in [0, 0.05) is 24.3 Å². The van der Waals surface area contributed by atoms with Gasteiger partial charge in [0.05, 0.1) is 22.0 Å². The molecule has 0 aliphatic carbocycles. The number of halogens is 4. The van der Waals surface area contributed by atoms with Crippen LogP contribution in [0.5, 0.6) is 0 Å². The van der Waals surface area contributed by atoms with Gasteiger partial charge in [-0.25, -0.2) is 4.98 Å². The summed E-state index contributed by atoms with van der Waals surface area (Å²) in [7, 11) is 0. The molecule has 0 aliphatic heterocycles. The fourth-order valence-electron chi connectivity index (χ4n) is 2.18. The van der Waals surface area contributed by atoms with E-state index in [0.717, 1.165) is 30.0 Å². The molecule has 3 N–H and O–H groups in total.